The standard InChI is InChI=1S/C34H61B2F3/c1-7-11-15-18-22-32(5,21-14-10-4)26-27-29(35)25-28(34(37,38)39)31(36)30(27)33(6,23-19-16-12-8-2)24-20-17-13-9-3/h25H,7-24,26,35-36H2,1-6H3. The first-order chi connectivity index (χ1) is 18.4. The summed E-state index contributed by atoms with van der Waals surface area (Å²) in [5.74, 6) is 0. The minimum Gasteiger partial charge on any atom is -0.166 e. The summed E-state index contributed by atoms with van der Waals surface area (Å²) in [4.78, 5) is 0. The lowest BCUT2D eigenvalue weighted by Crippen LogP contribution is -2.40. The number of benzene rings is 1. The summed E-state index contributed by atoms with van der Waals surface area (Å²) in [5.41, 5.74) is 3.14. The van der Waals surface area contributed by atoms with Gasteiger partial charge in [0.25, 0.3) is 0 Å². The summed E-state index contributed by atoms with van der Waals surface area (Å²) < 4.78 is 43.1. The Kier molecular flexibility index (Phi) is 16.5. The second-order valence-electron chi connectivity index (χ2n) is 13.3. The van der Waals surface area contributed by atoms with Crippen LogP contribution in [0.4, 0.5) is 13.2 Å². The molecular formula is C34H61B2F3. The summed E-state index contributed by atoms with van der Waals surface area (Å²) in [5, 5.41) is 0. The highest BCUT2D eigenvalue weighted by molar-refractivity contribution is 6.38. The molecule has 0 aliphatic carbocycles. The predicted octanol–water partition coefficient (Wildman–Crippen LogP) is 9.13. The lowest BCUT2D eigenvalue weighted by Gasteiger charge is -2.39. The molecule has 224 valence electrons. The molecule has 0 aliphatic heterocycles. The molecule has 0 spiro atoms. The van der Waals surface area contributed by atoms with Gasteiger partial charge in [0.2, 0.25) is 0 Å². The van der Waals surface area contributed by atoms with Crippen LogP contribution in [-0.4, -0.2) is 15.7 Å². The molecule has 0 radical (unpaired) electrons. The van der Waals surface area contributed by atoms with E-state index in [4.69, 9.17) is 0 Å². The van der Waals surface area contributed by atoms with E-state index in [9.17, 15) is 13.2 Å². The van der Waals surface area contributed by atoms with Gasteiger partial charge in [0.1, 0.15) is 15.7 Å². The highest BCUT2D eigenvalue weighted by Crippen LogP contribution is 2.42. The third-order valence-electron chi connectivity index (χ3n) is 9.36. The smallest absolute Gasteiger partial charge is 0.166 e. The molecule has 0 heterocycles. The molecule has 0 aromatic heterocycles. The first-order valence-corrected chi connectivity index (χ1v) is 16.6. The molecular weight excluding hydrogens is 487 g/mol. The van der Waals surface area contributed by atoms with Crippen LogP contribution < -0.4 is 10.9 Å². The first kappa shape index (κ1) is 36.2. The quantitative estimate of drug-likeness (QED) is 0.106. The number of hydrogen-bond acceptors (Lipinski definition) is 0. The molecule has 0 fully saturated rings. The molecule has 0 aliphatic rings. The van der Waals surface area contributed by atoms with E-state index in [1.54, 1.807) is 7.85 Å². The Morgan fingerprint density at radius 3 is 1.49 bits per heavy atom. The van der Waals surface area contributed by atoms with Gasteiger partial charge in [-0.3, -0.25) is 0 Å². The zero-order valence-corrected chi connectivity index (χ0v) is 27.1. The van der Waals surface area contributed by atoms with Crippen LogP contribution in [0.25, 0.3) is 0 Å². The van der Waals surface area contributed by atoms with Gasteiger partial charge < -0.3 is 0 Å². The Labute approximate surface area is 242 Å². The van der Waals surface area contributed by atoms with Crippen LogP contribution in [-0.2, 0) is 18.0 Å². The Morgan fingerprint density at radius 2 is 1.05 bits per heavy atom. The van der Waals surface area contributed by atoms with Gasteiger partial charge in [-0.15, -0.1) is 0 Å². The third-order valence-corrected chi connectivity index (χ3v) is 9.36. The molecule has 0 nitrogen and oxygen atoms in total. The highest BCUT2D eigenvalue weighted by Gasteiger charge is 2.39. The van der Waals surface area contributed by atoms with Gasteiger partial charge in [-0.25, -0.2) is 0 Å². The maximum Gasteiger partial charge on any atom is 0.415 e. The van der Waals surface area contributed by atoms with Crippen molar-refractivity contribution in [3.05, 3.63) is 22.8 Å². The SMILES string of the molecule is Bc1cc(C(F)(F)F)c(B)c(C(C)(CCCCCC)CCCCCC)c1CC(C)(CCCC)CCCCCC. The lowest BCUT2D eigenvalue weighted by atomic mass is 9.61. The average Bonchev–Trinajstić information content (AvgIpc) is 2.87. The minimum atomic E-state index is -4.32. The fourth-order valence-electron chi connectivity index (χ4n) is 6.88. The molecule has 1 aromatic carbocycles. The van der Waals surface area contributed by atoms with E-state index in [1.165, 1.54) is 82.3 Å². The van der Waals surface area contributed by atoms with E-state index in [-0.39, 0.29) is 10.8 Å². The third kappa shape index (κ3) is 11.9. The van der Waals surface area contributed by atoms with Crippen LogP contribution in [0.5, 0.6) is 0 Å². The Bertz CT molecular complexity index is 806. The second kappa shape index (κ2) is 17.8. The van der Waals surface area contributed by atoms with Crippen LogP contribution in [0.3, 0.4) is 0 Å². The van der Waals surface area contributed by atoms with E-state index in [1.807, 2.05) is 7.85 Å². The van der Waals surface area contributed by atoms with E-state index in [0.29, 0.717) is 5.46 Å². The lowest BCUT2D eigenvalue weighted by molar-refractivity contribution is -0.136. The molecule has 1 atom stereocenters. The van der Waals surface area contributed by atoms with E-state index in [2.05, 4.69) is 41.5 Å². The average molecular weight is 548 g/mol. The van der Waals surface area contributed by atoms with E-state index < -0.39 is 11.7 Å². The summed E-state index contributed by atoms with van der Waals surface area (Å²) in [7, 11) is 3.74. The minimum absolute atomic E-state index is 0.126. The predicted molar refractivity (Wildman–Crippen MR) is 173 cm³/mol. The van der Waals surface area contributed by atoms with E-state index in [0.717, 1.165) is 62.4 Å². The number of unbranched alkanes of at least 4 members (excludes halogenated alkanes) is 10. The first-order valence-electron chi connectivity index (χ1n) is 16.6. The fourth-order valence-corrected chi connectivity index (χ4v) is 6.88. The summed E-state index contributed by atoms with van der Waals surface area (Å²) in [6, 6.07) is 1.47. The molecule has 0 bridgehead atoms. The normalized spacial score (nSPS) is 14.1. The number of alkyl halides is 3. The van der Waals surface area contributed by atoms with Gasteiger partial charge in [-0.1, -0.05) is 154 Å². The fraction of sp³-hybridized carbons (Fsp3) is 0.824. The van der Waals surface area contributed by atoms with Crippen LogP contribution in [0.1, 0.15) is 174 Å². The van der Waals surface area contributed by atoms with Gasteiger partial charge in [0, 0.05) is 5.56 Å². The molecule has 5 heteroatoms. The van der Waals surface area contributed by atoms with Crippen molar-refractivity contribution in [3.8, 4) is 0 Å². The van der Waals surface area contributed by atoms with Crippen molar-refractivity contribution >= 4 is 26.6 Å². The van der Waals surface area contributed by atoms with Gasteiger partial charge in [-0.2, -0.15) is 13.2 Å². The molecule has 1 unspecified atom stereocenters. The molecule has 0 saturated heterocycles. The number of hydrogen-bond donors (Lipinski definition) is 0. The van der Waals surface area contributed by atoms with Crippen molar-refractivity contribution in [2.75, 3.05) is 0 Å². The number of rotatable bonds is 21. The summed E-state index contributed by atoms with van der Waals surface area (Å²) >= 11 is 0. The molecule has 1 aromatic rings. The Hall–Kier alpha value is -0.860. The zero-order valence-electron chi connectivity index (χ0n) is 27.1. The highest BCUT2D eigenvalue weighted by atomic mass is 19.4. The van der Waals surface area contributed by atoms with Crippen molar-refractivity contribution in [3.63, 3.8) is 0 Å². The number of halogens is 3. The van der Waals surface area contributed by atoms with Crippen molar-refractivity contribution in [1.29, 1.82) is 0 Å². The Balaban J connectivity index is 3.68. The van der Waals surface area contributed by atoms with Crippen molar-refractivity contribution in [2.24, 2.45) is 5.41 Å². The van der Waals surface area contributed by atoms with Crippen LogP contribution in [0.15, 0.2) is 6.07 Å². The monoisotopic (exact) mass is 548 g/mol. The Morgan fingerprint density at radius 1 is 0.615 bits per heavy atom. The topological polar surface area (TPSA) is 0 Å². The maximum absolute atomic E-state index is 14.4. The van der Waals surface area contributed by atoms with Gasteiger partial charge in [0.05, 0.1) is 0 Å². The van der Waals surface area contributed by atoms with Crippen molar-refractivity contribution < 1.29 is 13.2 Å². The summed E-state index contributed by atoms with van der Waals surface area (Å²) in [6.07, 6.45) is 17.4. The molecule has 0 N–H and O–H groups in total. The second-order valence-corrected chi connectivity index (χ2v) is 13.3. The molecule has 39 heavy (non-hydrogen) atoms. The van der Waals surface area contributed by atoms with Crippen LogP contribution >= 0.6 is 0 Å². The van der Waals surface area contributed by atoms with Crippen molar-refractivity contribution in [2.45, 2.75) is 175 Å². The zero-order chi connectivity index (χ0) is 29.5. The van der Waals surface area contributed by atoms with Gasteiger partial charge in [0.15, 0.2) is 0 Å². The maximum atomic E-state index is 14.4. The largest absolute Gasteiger partial charge is 0.415 e. The van der Waals surface area contributed by atoms with Gasteiger partial charge >= 0.3 is 6.18 Å². The van der Waals surface area contributed by atoms with Crippen LogP contribution in [0.2, 0.25) is 0 Å². The molecule has 0 saturated carbocycles. The molecule has 1 rings (SSSR count). The van der Waals surface area contributed by atoms with Crippen molar-refractivity contribution in [1.82, 2.24) is 0 Å². The summed E-state index contributed by atoms with van der Waals surface area (Å²) in [6.45, 7) is 13.7. The van der Waals surface area contributed by atoms with Gasteiger partial charge in [-0.05, 0) is 48.5 Å². The van der Waals surface area contributed by atoms with Crippen LogP contribution in [0, 0.1) is 5.41 Å². The molecule has 0 amide bonds. The van der Waals surface area contributed by atoms with E-state index >= 15 is 0 Å².